The van der Waals surface area contributed by atoms with Crippen LogP contribution < -0.4 is 19.5 Å². The zero-order chi connectivity index (χ0) is 44.2. The molecule has 2 rings (SSSR count). The lowest BCUT2D eigenvalue weighted by Crippen LogP contribution is -2.64. The summed E-state index contributed by atoms with van der Waals surface area (Å²) in [7, 11) is 0. The van der Waals surface area contributed by atoms with Gasteiger partial charge in [0.15, 0.2) is 17.8 Å². The molecule has 0 radical (unpaired) electrons. The van der Waals surface area contributed by atoms with Gasteiger partial charge in [-0.25, -0.2) is 0 Å². The van der Waals surface area contributed by atoms with E-state index in [0.717, 1.165) is 44.1 Å². The number of carbonyl (C=O) groups excluding carboxylic acids is 1. The summed E-state index contributed by atoms with van der Waals surface area (Å²) < 4.78 is 31.7. The Morgan fingerprint density at radius 3 is 1.28 bits per heavy atom. The number of aliphatic hydroxyl groups is 3. The quantitative estimate of drug-likeness (QED) is 0.0474. The number of hydrogen-bond donors (Lipinski definition) is 4. The molecule has 0 aromatic heterocycles. The van der Waals surface area contributed by atoms with Crippen LogP contribution in [0.5, 0.6) is 17.2 Å². The van der Waals surface area contributed by atoms with Gasteiger partial charge in [-0.05, 0) is 37.0 Å². The van der Waals surface area contributed by atoms with E-state index in [0.29, 0.717) is 37.1 Å². The van der Waals surface area contributed by atoms with E-state index >= 15 is 0 Å². The van der Waals surface area contributed by atoms with E-state index in [1.807, 2.05) is 12.1 Å². The van der Waals surface area contributed by atoms with Gasteiger partial charge in [-0.2, -0.15) is 0 Å². The molecule has 1 aliphatic rings. The first kappa shape index (κ1) is 55.0. The number of carbonyl (C=O) groups is 1. The van der Waals surface area contributed by atoms with E-state index < -0.39 is 43.2 Å². The van der Waals surface area contributed by atoms with Gasteiger partial charge in [0.1, 0.15) is 24.4 Å². The first-order chi connectivity index (χ1) is 29.9. The predicted octanol–water partition coefficient (Wildman–Crippen LogP) is 12.0. The van der Waals surface area contributed by atoms with Gasteiger partial charge in [0.05, 0.1) is 33.0 Å². The smallest absolute Gasteiger partial charge is 0.217 e. The van der Waals surface area contributed by atoms with Crippen molar-refractivity contribution in [1.82, 2.24) is 5.32 Å². The standard InChI is InChI=1S/C51H93NO9/c1-5-8-11-14-17-20-23-26-29-32-35-57-44-38-43(41-60-51-47(52-42(4)54)49(56)48(55)46(40-53)61-51)39-45(58-36-33-30-27-24-21-18-15-12-9-6-2)50(44)59-37-34-31-28-25-22-19-16-13-10-7-3/h38-39,46-49,51,53,55-56H,5-37,40-41H2,1-4H3,(H,52,54)/t46-,47-,48-,49-,51-/m1/s1. The normalized spacial score (nSPS) is 19.0. The van der Waals surface area contributed by atoms with Crippen molar-refractivity contribution < 1.29 is 43.8 Å². The Labute approximate surface area is 373 Å². The summed E-state index contributed by atoms with van der Waals surface area (Å²) >= 11 is 0. The molecule has 1 aliphatic heterocycles. The minimum absolute atomic E-state index is 0.0453. The molecular weight excluding hydrogens is 771 g/mol. The molecule has 1 heterocycles. The largest absolute Gasteiger partial charge is 0.490 e. The van der Waals surface area contributed by atoms with Crippen LogP contribution in [0.2, 0.25) is 0 Å². The van der Waals surface area contributed by atoms with Crippen LogP contribution in [0.3, 0.4) is 0 Å². The van der Waals surface area contributed by atoms with Gasteiger partial charge < -0.3 is 44.3 Å². The SMILES string of the molecule is CCCCCCCCCCCCOc1cc(CO[C@@H]2O[C@H](CO)[C@@H](O)[C@H](O)[C@H]2NC(C)=O)cc(OCCCCCCCCCCCC)c1OCCCCCCCCCCCC. The number of aliphatic hydroxyl groups excluding tert-OH is 3. The first-order valence-corrected chi connectivity index (χ1v) is 25.4. The molecule has 0 spiro atoms. The van der Waals surface area contributed by atoms with Crippen molar-refractivity contribution >= 4 is 5.91 Å². The molecule has 5 atom stereocenters. The average molecular weight is 864 g/mol. The Kier molecular flexibility index (Phi) is 33.6. The van der Waals surface area contributed by atoms with Crippen LogP contribution in [0.25, 0.3) is 0 Å². The van der Waals surface area contributed by atoms with Crippen LogP contribution in [0.4, 0.5) is 0 Å². The Hall–Kier alpha value is -2.11. The number of ether oxygens (including phenoxy) is 5. The predicted molar refractivity (Wildman–Crippen MR) is 249 cm³/mol. The van der Waals surface area contributed by atoms with Gasteiger partial charge in [-0.1, -0.05) is 194 Å². The van der Waals surface area contributed by atoms with Crippen LogP contribution in [0.15, 0.2) is 12.1 Å². The summed E-state index contributed by atoms with van der Waals surface area (Å²) in [5.41, 5.74) is 0.758. The second-order valence-corrected chi connectivity index (χ2v) is 17.8. The van der Waals surface area contributed by atoms with E-state index in [1.54, 1.807) is 0 Å². The highest BCUT2D eigenvalue weighted by atomic mass is 16.7. The van der Waals surface area contributed by atoms with Gasteiger partial charge >= 0.3 is 0 Å². The summed E-state index contributed by atoms with van der Waals surface area (Å²) in [4.78, 5) is 12.1. The summed E-state index contributed by atoms with van der Waals surface area (Å²) in [5.74, 6) is 1.47. The molecular formula is C51H93NO9. The summed E-state index contributed by atoms with van der Waals surface area (Å²) in [6, 6.07) is 2.84. The molecule has 1 aromatic carbocycles. The molecule has 356 valence electrons. The molecule has 0 unspecified atom stereocenters. The number of nitrogens with one attached hydrogen (secondary N) is 1. The molecule has 0 aliphatic carbocycles. The lowest BCUT2D eigenvalue weighted by Gasteiger charge is -2.42. The molecule has 1 amide bonds. The lowest BCUT2D eigenvalue weighted by atomic mass is 9.97. The highest BCUT2D eigenvalue weighted by molar-refractivity contribution is 5.73. The molecule has 10 nitrogen and oxygen atoms in total. The van der Waals surface area contributed by atoms with Gasteiger partial charge in [0.2, 0.25) is 11.7 Å². The topological polar surface area (TPSA) is 136 Å². The molecule has 0 saturated carbocycles. The van der Waals surface area contributed by atoms with Crippen LogP contribution in [-0.2, 0) is 20.9 Å². The Balaban J connectivity index is 2.16. The number of amides is 1. The highest BCUT2D eigenvalue weighted by Crippen LogP contribution is 2.40. The molecule has 1 fully saturated rings. The monoisotopic (exact) mass is 864 g/mol. The van der Waals surface area contributed by atoms with Crippen molar-refractivity contribution in [3.05, 3.63) is 17.7 Å². The fourth-order valence-electron chi connectivity index (χ4n) is 8.17. The van der Waals surface area contributed by atoms with Crippen molar-refractivity contribution in [2.24, 2.45) is 0 Å². The Morgan fingerprint density at radius 1 is 0.557 bits per heavy atom. The van der Waals surface area contributed by atoms with Gasteiger partial charge in [-0.15, -0.1) is 0 Å². The summed E-state index contributed by atoms with van der Waals surface area (Å²) in [6.07, 6.45) is 32.5. The van der Waals surface area contributed by atoms with E-state index in [1.165, 1.54) is 161 Å². The second-order valence-electron chi connectivity index (χ2n) is 17.8. The van der Waals surface area contributed by atoms with Crippen molar-refractivity contribution in [3.8, 4) is 17.2 Å². The Bertz CT molecular complexity index is 1140. The van der Waals surface area contributed by atoms with E-state index in [2.05, 4.69) is 26.1 Å². The lowest BCUT2D eigenvalue weighted by molar-refractivity contribution is -0.273. The third-order valence-corrected chi connectivity index (χ3v) is 12.0. The zero-order valence-electron chi connectivity index (χ0n) is 39.6. The summed E-state index contributed by atoms with van der Waals surface area (Å²) in [6.45, 7) is 9.35. The number of hydrogen-bond acceptors (Lipinski definition) is 9. The molecule has 10 heteroatoms. The first-order valence-electron chi connectivity index (χ1n) is 25.4. The van der Waals surface area contributed by atoms with Crippen LogP contribution in [0, 0.1) is 0 Å². The third-order valence-electron chi connectivity index (χ3n) is 12.0. The highest BCUT2D eigenvalue weighted by Gasteiger charge is 2.45. The van der Waals surface area contributed by atoms with E-state index in [4.69, 9.17) is 23.7 Å². The van der Waals surface area contributed by atoms with Crippen LogP contribution in [0.1, 0.15) is 226 Å². The number of benzene rings is 1. The fourth-order valence-corrected chi connectivity index (χ4v) is 8.17. The fraction of sp³-hybridized carbons (Fsp3) is 0.863. The minimum atomic E-state index is -1.39. The van der Waals surface area contributed by atoms with Crippen molar-refractivity contribution in [3.63, 3.8) is 0 Å². The maximum atomic E-state index is 12.1. The molecule has 61 heavy (non-hydrogen) atoms. The maximum absolute atomic E-state index is 12.1. The second kappa shape index (κ2) is 37.3. The summed E-state index contributed by atoms with van der Waals surface area (Å²) in [5, 5.41) is 33.9. The minimum Gasteiger partial charge on any atom is -0.490 e. The van der Waals surface area contributed by atoms with E-state index in [9.17, 15) is 20.1 Å². The van der Waals surface area contributed by atoms with E-state index in [-0.39, 0.29) is 6.61 Å². The molecule has 4 N–H and O–H groups in total. The molecule has 1 aromatic rings. The Morgan fingerprint density at radius 2 is 0.918 bits per heavy atom. The van der Waals surface area contributed by atoms with Crippen molar-refractivity contribution in [2.75, 3.05) is 26.4 Å². The number of rotatable bonds is 41. The third kappa shape index (κ3) is 25.7. The zero-order valence-corrected chi connectivity index (χ0v) is 39.6. The molecule has 1 saturated heterocycles. The van der Waals surface area contributed by atoms with Gasteiger partial charge in [0.25, 0.3) is 0 Å². The number of unbranched alkanes of at least 4 members (excludes halogenated alkanes) is 27. The van der Waals surface area contributed by atoms with Gasteiger partial charge in [0, 0.05) is 6.92 Å². The van der Waals surface area contributed by atoms with Gasteiger partial charge in [-0.3, -0.25) is 4.79 Å². The van der Waals surface area contributed by atoms with Crippen molar-refractivity contribution in [1.29, 1.82) is 0 Å². The van der Waals surface area contributed by atoms with Crippen molar-refractivity contribution in [2.45, 2.75) is 258 Å². The van der Waals surface area contributed by atoms with Crippen LogP contribution in [-0.4, -0.2) is 78.3 Å². The maximum Gasteiger partial charge on any atom is 0.217 e. The molecule has 0 bridgehead atoms. The average Bonchev–Trinajstić information content (AvgIpc) is 3.25. The van der Waals surface area contributed by atoms with Crippen LogP contribution >= 0.6 is 0 Å².